The molecule has 12 heteroatoms. The Morgan fingerprint density at radius 3 is 2.37 bits per heavy atom. The van der Waals surface area contributed by atoms with Gasteiger partial charge in [-0.2, -0.15) is 0 Å². The minimum atomic E-state index is -3.37. The van der Waals surface area contributed by atoms with Crippen LogP contribution in [0.2, 0.25) is 0 Å². The average molecular weight is 557 g/mol. The van der Waals surface area contributed by atoms with Crippen molar-refractivity contribution in [1.29, 1.82) is 0 Å². The lowest BCUT2D eigenvalue weighted by molar-refractivity contribution is -0.132. The lowest BCUT2D eigenvalue weighted by Crippen LogP contribution is -2.27. The molecule has 0 saturated heterocycles. The zero-order valence-electron chi connectivity index (χ0n) is 20.0. The van der Waals surface area contributed by atoms with E-state index < -0.39 is 33.9 Å². The van der Waals surface area contributed by atoms with Crippen LogP contribution in [0.5, 0.6) is 10.8 Å². The normalized spacial score (nSPS) is 18.2. The molecule has 0 aliphatic heterocycles. The van der Waals surface area contributed by atoms with Crippen LogP contribution >= 0.6 is 11.3 Å². The molecule has 2 atom stereocenters. The summed E-state index contributed by atoms with van der Waals surface area (Å²) in [5.74, 6) is -1.09. The lowest BCUT2D eigenvalue weighted by atomic mass is 10.1. The smallest absolute Gasteiger partial charge is 0.335 e. The number of carbonyl (C=O) groups excluding carboxylic acids is 2. The van der Waals surface area contributed by atoms with Crippen molar-refractivity contribution < 1.29 is 37.4 Å². The Morgan fingerprint density at radius 2 is 1.76 bits per heavy atom. The standard InChI is InChI=1S/C26H24N2O8S2/c29-17-5-8-19(13-17)36-23(15-3-9-20(10-4-15)38(33,34)21-11-12-21)24(30)28-26-27-14-22(37-26)35-18-6-1-16(2-7-18)25(31)32/h1-4,6-7,9-10,14,19,21,23H,5,8,11-13H2,(H,31,32)(H,27,28,30). The number of thiazole rings is 1. The van der Waals surface area contributed by atoms with Gasteiger partial charge in [-0.3, -0.25) is 14.9 Å². The minimum Gasteiger partial charge on any atom is -0.478 e. The van der Waals surface area contributed by atoms with Crippen LogP contribution in [0.3, 0.4) is 0 Å². The number of aromatic nitrogens is 1. The van der Waals surface area contributed by atoms with E-state index >= 15 is 0 Å². The number of rotatable bonds is 10. The number of ether oxygens (including phenoxy) is 2. The van der Waals surface area contributed by atoms with Gasteiger partial charge in [-0.25, -0.2) is 18.2 Å². The van der Waals surface area contributed by atoms with Crippen LogP contribution in [0, 0.1) is 0 Å². The first-order chi connectivity index (χ1) is 18.2. The molecule has 5 rings (SSSR count). The zero-order valence-corrected chi connectivity index (χ0v) is 21.7. The molecule has 0 spiro atoms. The third kappa shape index (κ3) is 5.93. The Kier molecular flexibility index (Phi) is 7.28. The minimum absolute atomic E-state index is 0.0677. The summed E-state index contributed by atoms with van der Waals surface area (Å²) in [4.78, 5) is 40.4. The van der Waals surface area contributed by atoms with Gasteiger partial charge < -0.3 is 14.6 Å². The number of sulfone groups is 1. The van der Waals surface area contributed by atoms with Crippen LogP contribution in [-0.4, -0.2) is 47.5 Å². The lowest BCUT2D eigenvalue weighted by Gasteiger charge is -2.21. The quantitative estimate of drug-likeness (QED) is 0.371. The summed E-state index contributed by atoms with van der Waals surface area (Å²) in [6, 6.07) is 12.0. The first-order valence-electron chi connectivity index (χ1n) is 12.0. The molecule has 38 heavy (non-hydrogen) atoms. The summed E-state index contributed by atoms with van der Waals surface area (Å²) in [6.45, 7) is 0. The predicted octanol–water partition coefficient (Wildman–Crippen LogP) is 4.39. The summed E-state index contributed by atoms with van der Waals surface area (Å²) in [7, 11) is -3.37. The number of Topliss-reactive ketones (excluding diaryl/α,β-unsaturated/α-hetero) is 1. The van der Waals surface area contributed by atoms with Crippen molar-refractivity contribution in [1.82, 2.24) is 4.98 Å². The highest BCUT2D eigenvalue weighted by Crippen LogP contribution is 2.35. The molecule has 1 amide bonds. The SMILES string of the molecule is O=C1CCC(OC(C(=O)Nc2ncc(Oc3ccc(C(=O)O)cc3)s2)c2ccc(S(=O)(=O)C3CC3)cc2)C1. The van der Waals surface area contributed by atoms with Crippen molar-refractivity contribution in [3.63, 3.8) is 0 Å². The number of carboxylic acid groups (broad SMARTS) is 1. The molecule has 2 unspecified atom stereocenters. The Labute approximate surface area is 222 Å². The van der Waals surface area contributed by atoms with Gasteiger partial charge in [-0.1, -0.05) is 23.5 Å². The summed E-state index contributed by atoms with van der Waals surface area (Å²) in [5.41, 5.74) is 0.589. The van der Waals surface area contributed by atoms with Gasteiger partial charge in [0, 0.05) is 12.8 Å². The number of carboxylic acids is 1. The maximum absolute atomic E-state index is 13.3. The van der Waals surface area contributed by atoms with Gasteiger partial charge in [0.1, 0.15) is 11.5 Å². The largest absolute Gasteiger partial charge is 0.478 e. The van der Waals surface area contributed by atoms with Crippen molar-refractivity contribution in [2.45, 2.75) is 54.5 Å². The first-order valence-corrected chi connectivity index (χ1v) is 14.3. The number of benzene rings is 2. The molecule has 1 heterocycles. The third-order valence-corrected chi connectivity index (χ3v) is 9.35. The fourth-order valence-corrected chi connectivity index (χ4v) is 6.45. The van der Waals surface area contributed by atoms with Crippen molar-refractivity contribution >= 4 is 44.0 Å². The summed E-state index contributed by atoms with van der Waals surface area (Å²) in [5, 5.41) is 12.0. The number of hydrogen-bond acceptors (Lipinski definition) is 9. The van der Waals surface area contributed by atoms with Gasteiger partial charge in [0.15, 0.2) is 21.1 Å². The Balaban J connectivity index is 1.30. The maximum Gasteiger partial charge on any atom is 0.335 e. The van der Waals surface area contributed by atoms with E-state index in [2.05, 4.69) is 10.3 Å². The second-order valence-electron chi connectivity index (χ2n) is 9.14. The van der Waals surface area contributed by atoms with Gasteiger partial charge in [0.05, 0.1) is 28.0 Å². The van der Waals surface area contributed by atoms with Gasteiger partial charge in [-0.15, -0.1) is 0 Å². The Bertz CT molecular complexity index is 1460. The predicted molar refractivity (Wildman–Crippen MR) is 137 cm³/mol. The van der Waals surface area contributed by atoms with Crippen LogP contribution in [0.1, 0.15) is 54.1 Å². The van der Waals surface area contributed by atoms with E-state index in [9.17, 15) is 22.8 Å². The second-order valence-corrected chi connectivity index (χ2v) is 12.4. The molecule has 10 nitrogen and oxygen atoms in total. The molecule has 198 valence electrons. The van der Waals surface area contributed by atoms with Crippen LogP contribution < -0.4 is 10.1 Å². The molecule has 2 N–H and O–H groups in total. The van der Waals surface area contributed by atoms with E-state index in [1.54, 1.807) is 12.1 Å². The van der Waals surface area contributed by atoms with E-state index in [1.807, 2.05) is 0 Å². The molecule has 1 aromatic heterocycles. The van der Waals surface area contributed by atoms with Crippen LogP contribution in [0.25, 0.3) is 0 Å². The first kappa shape index (κ1) is 26.0. The number of nitrogens with one attached hydrogen (secondary N) is 1. The molecular formula is C26H24N2O8S2. The number of aromatic carboxylic acids is 1. The van der Waals surface area contributed by atoms with E-state index in [-0.39, 0.29) is 33.0 Å². The Hall–Kier alpha value is -3.61. The van der Waals surface area contributed by atoms with Gasteiger partial charge in [0.2, 0.25) is 5.06 Å². The molecule has 2 aliphatic rings. The molecule has 0 bridgehead atoms. The number of amides is 1. The zero-order chi connectivity index (χ0) is 26.9. The van der Waals surface area contributed by atoms with Gasteiger partial charge >= 0.3 is 5.97 Å². The molecule has 2 fully saturated rings. The molecule has 2 aliphatic carbocycles. The number of nitrogens with zero attached hydrogens (tertiary/aromatic N) is 1. The third-order valence-electron chi connectivity index (χ3n) is 6.28. The van der Waals surface area contributed by atoms with Crippen LogP contribution in [0.4, 0.5) is 5.13 Å². The number of anilines is 1. The summed E-state index contributed by atoms with van der Waals surface area (Å²) < 4.78 is 36.8. The van der Waals surface area contributed by atoms with E-state index in [1.165, 1.54) is 42.6 Å². The second kappa shape index (κ2) is 10.6. The van der Waals surface area contributed by atoms with Gasteiger partial charge in [-0.05, 0) is 61.2 Å². The molecule has 2 aromatic carbocycles. The highest BCUT2D eigenvalue weighted by atomic mass is 32.2. The number of hydrogen-bond donors (Lipinski definition) is 2. The van der Waals surface area contributed by atoms with Crippen molar-refractivity contribution in [2.24, 2.45) is 0 Å². The van der Waals surface area contributed by atoms with E-state index in [0.717, 1.165) is 11.3 Å². The summed E-state index contributed by atoms with van der Waals surface area (Å²) in [6.07, 6.45) is 2.34. The van der Waals surface area contributed by atoms with E-state index in [0.29, 0.717) is 42.1 Å². The fourth-order valence-electron chi connectivity index (χ4n) is 4.10. The van der Waals surface area contributed by atoms with Crippen LogP contribution in [-0.2, 0) is 24.2 Å². The highest BCUT2D eigenvalue weighted by Gasteiger charge is 2.37. The molecule has 0 radical (unpaired) electrons. The van der Waals surface area contributed by atoms with Crippen molar-refractivity contribution in [3.05, 3.63) is 65.9 Å². The topological polar surface area (TPSA) is 149 Å². The number of carbonyl (C=O) groups is 3. The molecule has 3 aromatic rings. The van der Waals surface area contributed by atoms with Gasteiger partial charge in [0.25, 0.3) is 5.91 Å². The summed E-state index contributed by atoms with van der Waals surface area (Å²) >= 11 is 1.07. The molecule has 2 saturated carbocycles. The number of ketones is 1. The average Bonchev–Trinajstić information content (AvgIpc) is 3.56. The fraction of sp³-hybridized carbons (Fsp3) is 0.308. The van der Waals surface area contributed by atoms with Crippen molar-refractivity contribution in [2.75, 3.05) is 5.32 Å². The highest BCUT2D eigenvalue weighted by molar-refractivity contribution is 7.92. The monoisotopic (exact) mass is 556 g/mol. The van der Waals surface area contributed by atoms with Crippen LogP contribution in [0.15, 0.2) is 59.6 Å². The molecular weight excluding hydrogens is 532 g/mol. The van der Waals surface area contributed by atoms with Crippen molar-refractivity contribution in [3.8, 4) is 10.8 Å². The maximum atomic E-state index is 13.3. The van der Waals surface area contributed by atoms with E-state index in [4.69, 9.17) is 14.6 Å². The Morgan fingerprint density at radius 1 is 1.05 bits per heavy atom.